The molecule has 0 spiro atoms. The Balaban J connectivity index is 0.00000352. The van der Waals surface area contributed by atoms with Crippen LogP contribution in [0, 0.1) is 5.41 Å². The van der Waals surface area contributed by atoms with Crippen LogP contribution in [0.5, 0.6) is 5.88 Å². The zero-order chi connectivity index (χ0) is 22.3. The van der Waals surface area contributed by atoms with E-state index in [-0.39, 0.29) is 12.2 Å². The molecule has 0 saturated heterocycles. The van der Waals surface area contributed by atoms with Crippen molar-refractivity contribution in [2.24, 2.45) is 5.41 Å². The molecule has 0 atom stereocenters. The van der Waals surface area contributed by atoms with Crippen molar-refractivity contribution in [1.82, 2.24) is 9.78 Å². The van der Waals surface area contributed by atoms with Gasteiger partial charge in [-0.25, -0.2) is 9.59 Å². The second-order valence-corrected chi connectivity index (χ2v) is 7.16. The summed E-state index contributed by atoms with van der Waals surface area (Å²) in [4.78, 5) is 24.0. The highest BCUT2D eigenvalue weighted by Crippen LogP contribution is 2.38. The van der Waals surface area contributed by atoms with E-state index in [1.807, 2.05) is 13.8 Å². The Bertz CT molecular complexity index is 661. The molecule has 0 N–H and O–H groups in total. The van der Waals surface area contributed by atoms with Gasteiger partial charge in [0.15, 0.2) is 0 Å². The van der Waals surface area contributed by atoms with Crippen molar-refractivity contribution in [1.29, 1.82) is 0 Å². The van der Waals surface area contributed by atoms with E-state index >= 15 is 0 Å². The lowest BCUT2D eigenvalue weighted by atomic mass is 9.94. The van der Waals surface area contributed by atoms with Gasteiger partial charge in [-0.2, -0.15) is 17.9 Å². The Morgan fingerprint density at radius 1 is 1.11 bits per heavy atom. The summed E-state index contributed by atoms with van der Waals surface area (Å²) in [6.45, 7) is 11.6. The summed E-state index contributed by atoms with van der Waals surface area (Å²) in [5, 5.41) is 3.73. The average molecular weight is 410 g/mol. The average Bonchev–Trinajstić information content (AvgIpc) is 2.97. The highest BCUT2D eigenvalue weighted by molar-refractivity contribution is 5.92. The zero-order valence-corrected chi connectivity index (χ0v) is 17.6. The SMILES string of the molecule is CC.CCOC(=O)c1cn(C(=O)OC(C)(C)C)nc1OCC(C)(C)C(F)(F)F. The Hall–Kier alpha value is -2.26. The molecule has 1 aromatic heterocycles. The lowest BCUT2D eigenvalue weighted by molar-refractivity contribution is -0.219. The van der Waals surface area contributed by atoms with Gasteiger partial charge >= 0.3 is 18.2 Å². The number of rotatable bonds is 5. The summed E-state index contributed by atoms with van der Waals surface area (Å²) >= 11 is 0. The van der Waals surface area contributed by atoms with E-state index in [9.17, 15) is 22.8 Å². The maximum absolute atomic E-state index is 13.0. The van der Waals surface area contributed by atoms with Gasteiger partial charge in [0, 0.05) is 0 Å². The fourth-order valence-electron chi connectivity index (χ4n) is 1.55. The van der Waals surface area contributed by atoms with E-state index in [0.717, 1.165) is 20.0 Å². The molecule has 10 heteroatoms. The molecule has 1 rings (SSSR count). The smallest absolute Gasteiger partial charge is 0.435 e. The maximum atomic E-state index is 13.0. The van der Waals surface area contributed by atoms with Crippen molar-refractivity contribution in [2.75, 3.05) is 13.2 Å². The number of esters is 1. The molecule has 0 amide bonds. The number of aromatic nitrogens is 2. The molecule has 1 heterocycles. The van der Waals surface area contributed by atoms with Crippen LogP contribution in [-0.4, -0.2) is 46.8 Å². The number of alkyl halides is 3. The van der Waals surface area contributed by atoms with Gasteiger partial charge in [-0.05, 0) is 41.5 Å². The quantitative estimate of drug-likeness (QED) is 0.647. The topological polar surface area (TPSA) is 79.7 Å². The van der Waals surface area contributed by atoms with Gasteiger partial charge in [0.05, 0.1) is 18.2 Å². The second-order valence-electron chi connectivity index (χ2n) is 7.16. The lowest BCUT2D eigenvalue weighted by Gasteiger charge is -2.27. The Kier molecular flexibility index (Phi) is 9.00. The third-order valence-electron chi connectivity index (χ3n) is 3.09. The first-order valence-corrected chi connectivity index (χ1v) is 8.87. The standard InChI is InChI=1S/C16H23F3N2O5.C2H6/c1-7-24-12(22)10-8-21(13(23)26-14(2,3)4)20-11(10)25-9-15(5,6)16(17,18)19;1-2/h8H,7,9H2,1-6H3;1-2H3. The molecule has 0 fully saturated rings. The van der Waals surface area contributed by atoms with Crippen molar-refractivity contribution in [2.45, 2.75) is 67.2 Å². The third-order valence-corrected chi connectivity index (χ3v) is 3.09. The maximum Gasteiger partial charge on any atom is 0.435 e. The molecule has 0 aromatic carbocycles. The second kappa shape index (κ2) is 9.79. The van der Waals surface area contributed by atoms with Gasteiger partial charge < -0.3 is 14.2 Å². The third kappa shape index (κ3) is 7.40. The van der Waals surface area contributed by atoms with E-state index < -0.39 is 41.7 Å². The van der Waals surface area contributed by atoms with Crippen LogP contribution in [0.25, 0.3) is 0 Å². The van der Waals surface area contributed by atoms with E-state index in [4.69, 9.17) is 14.2 Å². The molecule has 0 saturated carbocycles. The number of halogens is 3. The normalized spacial score (nSPS) is 12.0. The highest BCUT2D eigenvalue weighted by atomic mass is 19.4. The largest absolute Gasteiger partial charge is 0.475 e. The van der Waals surface area contributed by atoms with Gasteiger partial charge in [-0.3, -0.25) is 0 Å². The molecule has 7 nitrogen and oxygen atoms in total. The van der Waals surface area contributed by atoms with Crippen molar-refractivity contribution in [3.05, 3.63) is 11.8 Å². The van der Waals surface area contributed by atoms with E-state index in [1.54, 1.807) is 27.7 Å². The Morgan fingerprint density at radius 2 is 1.64 bits per heavy atom. The summed E-state index contributed by atoms with van der Waals surface area (Å²) < 4.78 is 54.6. The number of carbonyl (C=O) groups excluding carboxylic acids is 2. The molecular formula is C18H29F3N2O5. The van der Waals surface area contributed by atoms with Crippen LogP contribution in [0.4, 0.5) is 18.0 Å². The molecule has 0 aliphatic rings. The van der Waals surface area contributed by atoms with Gasteiger partial charge in [0.25, 0.3) is 0 Å². The molecular weight excluding hydrogens is 381 g/mol. The number of hydrogen-bond donors (Lipinski definition) is 0. The Morgan fingerprint density at radius 3 is 2.07 bits per heavy atom. The summed E-state index contributed by atoms with van der Waals surface area (Å²) in [6, 6.07) is 0. The molecule has 28 heavy (non-hydrogen) atoms. The van der Waals surface area contributed by atoms with E-state index in [1.165, 1.54) is 0 Å². The monoisotopic (exact) mass is 410 g/mol. The molecule has 0 aliphatic heterocycles. The molecule has 162 valence electrons. The summed E-state index contributed by atoms with van der Waals surface area (Å²) in [5.74, 6) is -1.31. The fourth-order valence-corrected chi connectivity index (χ4v) is 1.55. The van der Waals surface area contributed by atoms with Gasteiger partial charge in [-0.15, -0.1) is 5.10 Å². The molecule has 0 bridgehead atoms. The number of ether oxygens (including phenoxy) is 3. The first-order valence-electron chi connectivity index (χ1n) is 8.87. The number of hydrogen-bond acceptors (Lipinski definition) is 6. The zero-order valence-electron chi connectivity index (χ0n) is 17.6. The molecule has 0 radical (unpaired) electrons. The van der Waals surface area contributed by atoms with Crippen LogP contribution < -0.4 is 4.74 Å². The van der Waals surface area contributed by atoms with Crippen molar-refractivity contribution in [3.8, 4) is 5.88 Å². The van der Waals surface area contributed by atoms with Crippen LogP contribution >= 0.6 is 0 Å². The summed E-state index contributed by atoms with van der Waals surface area (Å²) in [6.07, 6.45) is -4.43. The van der Waals surface area contributed by atoms with Crippen LogP contribution in [-0.2, 0) is 9.47 Å². The van der Waals surface area contributed by atoms with Gasteiger partial charge in [0.2, 0.25) is 5.88 Å². The van der Waals surface area contributed by atoms with Crippen molar-refractivity contribution < 1.29 is 37.0 Å². The number of carbonyl (C=O) groups is 2. The minimum Gasteiger partial charge on any atom is -0.475 e. The number of nitrogens with zero attached hydrogens (tertiary/aromatic N) is 2. The van der Waals surface area contributed by atoms with Gasteiger partial charge in [-0.1, -0.05) is 13.8 Å². The van der Waals surface area contributed by atoms with Crippen LogP contribution in [0.1, 0.15) is 65.7 Å². The minimum atomic E-state index is -4.52. The van der Waals surface area contributed by atoms with Gasteiger partial charge in [0.1, 0.15) is 17.8 Å². The van der Waals surface area contributed by atoms with Crippen molar-refractivity contribution in [3.63, 3.8) is 0 Å². The predicted octanol–water partition coefficient (Wildman–Crippen LogP) is 4.84. The Labute approximate surface area is 163 Å². The fraction of sp³-hybridized carbons (Fsp3) is 0.722. The van der Waals surface area contributed by atoms with E-state index in [0.29, 0.717) is 4.68 Å². The van der Waals surface area contributed by atoms with Crippen LogP contribution in [0.15, 0.2) is 6.20 Å². The summed E-state index contributed by atoms with van der Waals surface area (Å²) in [5.41, 5.74) is -3.28. The minimum absolute atomic E-state index is 0.0317. The molecule has 0 aliphatic carbocycles. The van der Waals surface area contributed by atoms with Crippen LogP contribution in [0.3, 0.4) is 0 Å². The predicted molar refractivity (Wildman–Crippen MR) is 96.5 cm³/mol. The first kappa shape index (κ1) is 25.7. The van der Waals surface area contributed by atoms with Crippen molar-refractivity contribution >= 4 is 12.1 Å². The first-order chi connectivity index (χ1) is 12.7. The molecule has 0 unspecified atom stereocenters. The lowest BCUT2D eigenvalue weighted by Crippen LogP contribution is -2.37. The summed E-state index contributed by atoms with van der Waals surface area (Å²) in [7, 11) is 0. The highest BCUT2D eigenvalue weighted by Gasteiger charge is 2.48. The van der Waals surface area contributed by atoms with Crippen LogP contribution in [0.2, 0.25) is 0 Å². The molecule has 1 aromatic rings. The van der Waals surface area contributed by atoms with E-state index in [2.05, 4.69) is 5.10 Å².